The number of amides is 1. The molecule has 0 saturated carbocycles. The second-order valence-corrected chi connectivity index (χ2v) is 6.85. The van der Waals surface area contributed by atoms with Crippen LogP contribution in [-0.2, 0) is 15.1 Å². The molecule has 3 aromatic carbocycles. The first-order valence-corrected chi connectivity index (χ1v) is 9.05. The Morgan fingerprint density at radius 3 is 2.29 bits per heavy atom. The van der Waals surface area contributed by atoms with Crippen molar-refractivity contribution in [1.29, 1.82) is 5.41 Å². The highest BCUT2D eigenvalue weighted by Crippen LogP contribution is 2.45. The topological polar surface area (TPSA) is 65.4 Å². The normalized spacial score (nSPS) is 17.9. The minimum atomic E-state index is -0.900. The number of benzene rings is 3. The Morgan fingerprint density at radius 1 is 0.964 bits per heavy atom. The number of hydrogen-bond donors (Lipinski definition) is 2. The fourth-order valence-corrected chi connectivity index (χ4v) is 3.61. The summed E-state index contributed by atoms with van der Waals surface area (Å²) in [5, 5.41) is 11.2. The predicted octanol–water partition coefficient (Wildman–Crippen LogP) is 4.66. The number of ether oxygens (including phenoxy) is 1. The van der Waals surface area contributed by atoms with Crippen LogP contribution in [0.3, 0.4) is 0 Å². The van der Waals surface area contributed by atoms with Crippen LogP contribution < -0.4 is 10.2 Å². The molecule has 2 N–H and O–H groups in total. The predicted molar refractivity (Wildman–Crippen MR) is 111 cm³/mol. The molecule has 1 aliphatic rings. The number of anilines is 3. The van der Waals surface area contributed by atoms with Gasteiger partial charge in [0.05, 0.1) is 12.8 Å². The maximum Gasteiger partial charge on any atom is 0.261 e. The van der Waals surface area contributed by atoms with Gasteiger partial charge in [0, 0.05) is 22.5 Å². The molecule has 0 aromatic heterocycles. The molecule has 0 aliphatic carbocycles. The van der Waals surface area contributed by atoms with Gasteiger partial charge in [-0.05, 0) is 49.4 Å². The van der Waals surface area contributed by atoms with Gasteiger partial charge in [-0.2, -0.15) is 0 Å². The van der Waals surface area contributed by atoms with Gasteiger partial charge in [0.1, 0.15) is 5.54 Å². The van der Waals surface area contributed by atoms with Crippen LogP contribution in [0.5, 0.6) is 0 Å². The quantitative estimate of drug-likeness (QED) is 0.518. The van der Waals surface area contributed by atoms with Crippen LogP contribution in [0.2, 0.25) is 0 Å². The second kappa shape index (κ2) is 6.85. The molecule has 0 bridgehead atoms. The Hall–Kier alpha value is -3.60. The zero-order chi connectivity index (χ0) is 19.7. The lowest BCUT2D eigenvalue weighted by Gasteiger charge is -2.27. The van der Waals surface area contributed by atoms with Crippen LogP contribution in [0.4, 0.5) is 17.1 Å². The Balaban J connectivity index is 1.72. The molecule has 1 unspecified atom stereocenters. The number of hydrogen-bond acceptors (Lipinski definition) is 4. The molecule has 0 fully saturated rings. The Morgan fingerprint density at radius 2 is 1.61 bits per heavy atom. The molecule has 0 saturated heterocycles. The van der Waals surface area contributed by atoms with Crippen molar-refractivity contribution < 1.29 is 9.53 Å². The van der Waals surface area contributed by atoms with Gasteiger partial charge in [-0.25, -0.2) is 0 Å². The minimum Gasteiger partial charge on any atom is -0.481 e. The largest absolute Gasteiger partial charge is 0.481 e. The van der Waals surface area contributed by atoms with E-state index in [1.807, 2.05) is 73.7 Å². The van der Waals surface area contributed by atoms with Crippen LogP contribution in [0, 0.1) is 5.41 Å². The number of rotatable bonds is 4. The van der Waals surface area contributed by atoms with Crippen LogP contribution in [-0.4, -0.2) is 18.9 Å². The molecule has 140 valence electrons. The first-order chi connectivity index (χ1) is 13.5. The van der Waals surface area contributed by atoms with Crippen LogP contribution in [0.1, 0.15) is 18.1 Å². The van der Waals surface area contributed by atoms with Gasteiger partial charge in [-0.3, -0.25) is 15.1 Å². The monoisotopic (exact) mass is 371 g/mol. The van der Waals surface area contributed by atoms with E-state index in [9.17, 15) is 4.79 Å². The molecule has 0 spiro atoms. The number of fused-ring (bicyclic) bond motifs is 1. The number of para-hydroxylation sites is 2. The van der Waals surface area contributed by atoms with Crippen molar-refractivity contribution in [3.63, 3.8) is 0 Å². The first kappa shape index (κ1) is 17.8. The molecule has 1 amide bonds. The highest BCUT2D eigenvalue weighted by atomic mass is 16.5. The molecule has 1 heterocycles. The maximum atomic E-state index is 13.5. The third kappa shape index (κ3) is 2.81. The number of carbonyl (C=O) groups excluding carboxylic acids is 1. The highest BCUT2D eigenvalue weighted by Gasteiger charge is 2.48. The van der Waals surface area contributed by atoms with E-state index >= 15 is 0 Å². The second-order valence-electron chi connectivity index (χ2n) is 6.85. The van der Waals surface area contributed by atoms with Crippen LogP contribution >= 0.6 is 0 Å². The Kier molecular flexibility index (Phi) is 4.35. The average molecular weight is 371 g/mol. The van der Waals surface area contributed by atoms with Gasteiger partial charge in [0.15, 0.2) is 0 Å². The average Bonchev–Trinajstić information content (AvgIpc) is 2.96. The molecule has 5 heteroatoms. The third-order valence-electron chi connectivity index (χ3n) is 5.07. The summed E-state index contributed by atoms with van der Waals surface area (Å²) >= 11 is 0. The minimum absolute atomic E-state index is 0.0337. The summed E-state index contributed by atoms with van der Waals surface area (Å²) in [6, 6.07) is 24.8. The fourth-order valence-electron chi connectivity index (χ4n) is 3.61. The van der Waals surface area contributed by atoms with Crippen molar-refractivity contribution in [2.75, 3.05) is 17.3 Å². The molecule has 4 rings (SSSR count). The van der Waals surface area contributed by atoms with Crippen LogP contribution in [0.15, 0.2) is 78.9 Å². The van der Waals surface area contributed by atoms with Crippen molar-refractivity contribution in [3.05, 3.63) is 90.0 Å². The number of nitrogens with zero attached hydrogens (tertiary/aromatic N) is 1. The van der Waals surface area contributed by atoms with E-state index in [-0.39, 0.29) is 11.8 Å². The summed E-state index contributed by atoms with van der Waals surface area (Å²) in [6.07, 6.45) is 0. The van der Waals surface area contributed by atoms with E-state index in [4.69, 9.17) is 10.1 Å². The Labute approximate surface area is 164 Å². The maximum absolute atomic E-state index is 13.5. The number of nitrogens with one attached hydrogen (secondary N) is 2. The van der Waals surface area contributed by atoms with E-state index in [2.05, 4.69) is 5.32 Å². The lowest BCUT2D eigenvalue weighted by atomic mass is 9.93. The molecule has 28 heavy (non-hydrogen) atoms. The van der Waals surface area contributed by atoms with E-state index in [0.717, 1.165) is 22.6 Å². The summed E-state index contributed by atoms with van der Waals surface area (Å²) < 4.78 is 4.96. The van der Waals surface area contributed by atoms with E-state index in [0.29, 0.717) is 5.56 Å². The van der Waals surface area contributed by atoms with Crippen molar-refractivity contribution in [2.45, 2.75) is 12.5 Å². The third-order valence-corrected chi connectivity index (χ3v) is 5.07. The lowest BCUT2D eigenvalue weighted by molar-refractivity contribution is -0.121. The SMILES string of the molecule is COC(=N)c1ccc(NC2(C)C(=O)N(c3ccccc3)c3ccccc32)cc1. The highest BCUT2D eigenvalue weighted by molar-refractivity contribution is 6.13. The summed E-state index contributed by atoms with van der Waals surface area (Å²) in [7, 11) is 1.47. The van der Waals surface area contributed by atoms with E-state index < -0.39 is 5.54 Å². The molecule has 0 radical (unpaired) electrons. The molecule has 3 aromatic rings. The lowest BCUT2D eigenvalue weighted by Crippen LogP contribution is -2.42. The molecule has 1 atom stereocenters. The van der Waals surface area contributed by atoms with Gasteiger partial charge >= 0.3 is 0 Å². The molecular weight excluding hydrogens is 350 g/mol. The summed E-state index contributed by atoms with van der Waals surface area (Å²) in [5.74, 6) is 0.0731. The zero-order valence-corrected chi connectivity index (χ0v) is 15.8. The number of carbonyl (C=O) groups is 1. The molecule has 5 nitrogen and oxygen atoms in total. The summed E-state index contributed by atoms with van der Waals surface area (Å²) in [4.78, 5) is 15.3. The fraction of sp³-hybridized carbons (Fsp3) is 0.130. The summed E-state index contributed by atoms with van der Waals surface area (Å²) in [6.45, 7) is 1.90. The zero-order valence-electron chi connectivity index (χ0n) is 15.8. The van der Waals surface area contributed by atoms with Gasteiger partial charge in [-0.1, -0.05) is 36.4 Å². The van der Waals surface area contributed by atoms with E-state index in [1.165, 1.54) is 7.11 Å². The number of methoxy groups -OCH3 is 1. The van der Waals surface area contributed by atoms with Gasteiger partial charge in [-0.15, -0.1) is 0 Å². The first-order valence-electron chi connectivity index (χ1n) is 9.05. The van der Waals surface area contributed by atoms with E-state index in [1.54, 1.807) is 17.0 Å². The Bertz CT molecular complexity index is 1030. The van der Waals surface area contributed by atoms with Gasteiger partial charge < -0.3 is 10.1 Å². The van der Waals surface area contributed by atoms with Crippen molar-refractivity contribution >= 4 is 28.9 Å². The smallest absolute Gasteiger partial charge is 0.261 e. The van der Waals surface area contributed by atoms with Gasteiger partial charge in [0.25, 0.3) is 5.91 Å². The van der Waals surface area contributed by atoms with Gasteiger partial charge in [0.2, 0.25) is 5.90 Å². The standard InChI is InChI=1S/C23H21N3O2/c1-23(25-17-14-12-16(13-15-17)21(24)28-2)19-10-6-7-11-20(19)26(22(23)27)18-8-4-3-5-9-18/h3-15,24-25H,1-2H3. The van der Waals surface area contributed by atoms with Crippen molar-refractivity contribution in [2.24, 2.45) is 0 Å². The van der Waals surface area contributed by atoms with Crippen molar-refractivity contribution in [3.8, 4) is 0 Å². The summed E-state index contributed by atoms with van der Waals surface area (Å²) in [5.41, 5.74) is 3.23. The molecular formula is C23H21N3O2. The van der Waals surface area contributed by atoms with Crippen LogP contribution in [0.25, 0.3) is 0 Å². The molecule has 1 aliphatic heterocycles. The van der Waals surface area contributed by atoms with Crippen molar-refractivity contribution in [1.82, 2.24) is 0 Å².